The first-order chi connectivity index (χ1) is 8.24. The molecule has 0 saturated carbocycles. The van der Waals surface area contributed by atoms with Gasteiger partial charge in [-0.3, -0.25) is 0 Å². The van der Waals surface area contributed by atoms with Gasteiger partial charge in [0.2, 0.25) is 0 Å². The Labute approximate surface area is 106 Å². The Hall–Kier alpha value is -1.24. The van der Waals surface area contributed by atoms with Crippen molar-refractivity contribution in [2.45, 2.75) is 46.5 Å². The van der Waals surface area contributed by atoms with Crippen LogP contribution in [0.5, 0.6) is 0 Å². The maximum atomic E-state index is 5.56. The molecule has 1 aromatic carbocycles. The molecule has 0 aliphatic carbocycles. The summed E-state index contributed by atoms with van der Waals surface area (Å²) in [6, 6.07) is 8.55. The molecule has 0 fully saturated rings. The van der Waals surface area contributed by atoms with E-state index in [0.717, 1.165) is 13.0 Å². The number of benzene rings is 1. The van der Waals surface area contributed by atoms with Gasteiger partial charge in [0.1, 0.15) is 0 Å². The largest absolute Gasteiger partial charge is 0.501 e. The molecule has 0 unspecified atom stereocenters. The van der Waals surface area contributed by atoms with Gasteiger partial charge in [0, 0.05) is 0 Å². The van der Waals surface area contributed by atoms with Crippen molar-refractivity contribution in [2.24, 2.45) is 0 Å². The lowest BCUT2D eigenvalue weighted by Gasteiger charge is -2.04. The number of hydrogen-bond donors (Lipinski definition) is 0. The molecular weight excluding hydrogens is 208 g/mol. The molecule has 0 spiro atoms. The summed E-state index contributed by atoms with van der Waals surface area (Å²) in [7, 11) is 0. The second-order valence-corrected chi connectivity index (χ2v) is 4.60. The Bertz CT molecular complexity index is 335. The van der Waals surface area contributed by atoms with Crippen molar-refractivity contribution >= 4 is 5.57 Å². The number of ether oxygens (including phenoxy) is 1. The van der Waals surface area contributed by atoms with Crippen LogP contribution in [0.15, 0.2) is 30.5 Å². The van der Waals surface area contributed by atoms with Crippen molar-refractivity contribution < 1.29 is 4.74 Å². The van der Waals surface area contributed by atoms with Crippen molar-refractivity contribution in [3.63, 3.8) is 0 Å². The Morgan fingerprint density at radius 2 is 1.82 bits per heavy atom. The average molecular weight is 232 g/mol. The van der Waals surface area contributed by atoms with Gasteiger partial charge in [0.15, 0.2) is 0 Å². The SMILES string of the molecule is CCCCCCOC=C(C)c1ccc(C)cc1. The van der Waals surface area contributed by atoms with Crippen molar-refractivity contribution in [3.05, 3.63) is 41.7 Å². The predicted octanol–water partition coefficient (Wildman–Crippen LogP) is 4.95. The maximum Gasteiger partial charge on any atom is 0.0873 e. The lowest BCUT2D eigenvalue weighted by Crippen LogP contribution is -1.89. The predicted molar refractivity (Wildman–Crippen MR) is 74.9 cm³/mol. The monoisotopic (exact) mass is 232 g/mol. The van der Waals surface area contributed by atoms with E-state index in [2.05, 4.69) is 45.0 Å². The summed E-state index contributed by atoms with van der Waals surface area (Å²) in [4.78, 5) is 0. The lowest BCUT2D eigenvalue weighted by molar-refractivity contribution is 0.242. The molecule has 1 nitrogen and oxygen atoms in total. The van der Waals surface area contributed by atoms with E-state index < -0.39 is 0 Å². The quantitative estimate of drug-likeness (QED) is 0.477. The molecule has 0 N–H and O–H groups in total. The minimum atomic E-state index is 0.837. The van der Waals surface area contributed by atoms with E-state index in [1.807, 2.05) is 6.26 Å². The first-order valence-corrected chi connectivity index (χ1v) is 6.59. The van der Waals surface area contributed by atoms with Gasteiger partial charge in [-0.2, -0.15) is 0 Å². The highest BCUT2D eigenvalue weighted by atomic mass is 16.5. The van der Waals surface area contributed by atoms with Crippen molar-refractivity contribution in [1.29, 1.82) is 0 Å². The zero-order valence-electron chi connectivity index (χ0n) is 11.3. The molecule has 17 heavy (non-hydrogen) atoms. The van der Waals surface area contributed by atoms with E-state index in [0.29, 0.717) is 0 Å². The van der Waals surface area contributed by atoms with Crippen LogP contribution in [0.25, 0.3) is 5.57 Å². The number of allylic oxidation sites excluding steroid dienone is 1. The van der Waals surface area contributed by atoms with E-state index in [9.17, 15) is 0 Å². The highest BCUT2D eigenvalue weighted by molar-refractivity contribution is 5.62. The molecule has 0 saturated heterocycles. The second kappa shape index (κ2) is 7.94. The fraction of sp³-hybridized carbons (Fsp3) is 0.500. The van der Waals surface area contributed by atoms with E-state index in [-0.39, 0.29) is 0 Å². The first kappa shape index (κ1) is 13.8. The van der Waals surface area contributed by atoms with Gasteiger partial charge in [-0.25, -0.2) is 0 Å². The van der Waals surface area contributed by atoms with Crippen LogP contribution >= 0.6 is 0 Å². The topological polar surface area (TPSA) is 9.23 Å². The summed E-state index contributed by atoms with van der Waals surface area (Å²) in [6.07, 6.45) is 6.90. The molecule has 1 rings (SSSR count). The minimum absolute atomic E-state index is 0.837. The Balaban J connectivity index is 2.31. The standard InChI is InChI=1S/C16H24O/c1-4-5-6-7-12-17-13-15(3)16-10-8-14(2)9-11-16/h8-11,13H,4-7,12H2,1-3H3. The van der Waals surface area contributed by atoms with Crippen LogP contribution in [0.2, 0.25) is 0 Å². The molecule has 0 aromatic heterocycles. The smallest absolute Gasteiger partial charge is 0.0873 e. The van der Waals surface area contributed by atoms with Gasteiger partial charge in [-0.15, -0.1) is 0 Å². The molecular formula is C16H24O. The Morgan fingerprint density at radius 3 is 2.47 bits per heavy atom. The normalized spacial score (nSPS) is 11.6. The molecule has 0 aliphatic heterocycles. The fourth-order valence-electron chi connectivity index (χ4n) is 1.68. The minimum Gasteiger partial charge on any atom is -0.501 e. The molecule has 0 heterocycles. The number of unbranched alkanes of at least 4 members (excludes halogenated alkanes) is 3. The molecule has 94 valence electrons. The van der Waals surface area contributed by atoms with Gasteiger partial charge in [-0.05, 0) is 31.4 Å². The third-order valence-corrected chi connectivity index (χ3v) is 2.88. The first-order valence-electron chi connectivity index (χ1n) is 6.59. The molecule has 0 bridgehead atoms. The van der Waals surface area contributed by atoms with E-state index in [1.54, 1.807) is 0 Å². The number of aryl methyl sites for hydroxylation is 1. The third-order valence-electron chi connectivity index (χ3n) is 2.88. The van der Waals surface area contributed by atoms with Crippen LogP contribution < -0.4 is 0 Å². The summed E-state index contributed by atoms with van der Waals surface area (Å²) in [5.41, 5.74) is 3.73. The van der Waals surface area contributed by atoms with E-state index in [4.69, 9.17) is 4.74 Å². The van der Waals surface area contributed by atoms with Gasteiger partial charge in [0.25, 0.3) is 0 Å². The van der Waals surface area contributed by atoms with Crippen molar-refractivity contribution in [1.82, 2.24) is 0 Å². The van der Waals surface area contributed by atoms with Gasteiger partial charge in [-0.1, -0.05) is 56.0 Å². The molecule has 0 radical (unpaired) electrons. The Kier molecular flexibility index (Phi) is 6.46. The highest BCUT2D eigenvalue weighted by Crippen LogP contribution is 2.14. The van der Waals surface area contributed by atoms with Crippen LogP contribution in [-0.4, -0.2) is 6.61 Å². The van der Waals surface area contributed by atoms with Crippen molar-refractivity contribution in [2.75, 3.05) is 6.61 Å². The third kappa shape index (κ3) is 5.58. The second-order valence-electron chi connectivity index (χ2n) is 4.60. The van der Waals surface area contributed by atoms with Crippen LogP contribution in [0.3, 0.4) is 0 Å². The van der Waals surface area contributed by atoms with E-state index in [1.165, 1.54) is 36.0 Å². The summed E-state index contributed by atoms with van der Waals surface area (Å²) >= 11 is 0. The van der Waals surface area contributed by atoms with Crippen LogP contribution in [0.4, 0.5) is 0 Å². The molecule has 1 aromatic rings. The molecule has 0 amide bonds. The molecule has 1 heteroatoms. The van der Waals surface area contributed by atoms with Crippen molar-refractivity contribution in [3.8, 4) is 0 Å². The molecule has 0 atom stereocenters. The molecule has 0 aliphatic rings. The van der Waals surface area contributed by atoms with Gasteiger partial charge < -0.3 is 4.74 Å². The Morgan fingerprint density at radius 1 is 1.12 bits per heavy atom. The fourth-order valence-corrected chi connectivity index (χ4v) is 1.68. The van der Waals surface area contributed by atoms with Gasteiger partial charge in [0.05, 0.1) is 12.9 Å². The average Bonchev–Trinajstić information content (AvgIpc) is 2.34. The number of rotatable bonds is 7. The van der Waals surface area contributed by atoms with Crippen LogP contribution in [0.1, 0.15) is 50.7 Å². The number of hydrogen-bond acceptors (Lipinski definition) is 1. The lowest BCUT2D eigenvalue weighted by atomic mass is 10.1. The summed E-state index contributed by atoms with van der Waals surface area (Å²) in [5.74, 6) is 0. The maximum absolute atomic E-state index is 5.56. The summed E-state index contributed by atoms with van der Waals surface area (Å²) < 4.78 is 5.56. The summed E-state index contributed by atoms with van der Waals surface area (Å²) in [6.45, 7) is 7.26. The van der Waals surface area contributed by atoms with E-state index >= 15 is 0 Å². The van der Waals surface area contributed by atoms with Gasteiger partial charge >= 0.3 is 0 Å². The zero-order chi connectivity index (χ0) is 12.5. The highest BCUT2D eigenvalue weighted by Gasteiger charge is 1.95. The summed E-state index contributed by atoms with van der Waals surface area (Å²) in [5, 5.41) is 0. The van der Waals surface area contributed by atoms with Crippen LogP contribution in [-0.2, 0) is 4.74 Å². The van der Waals surface area contributed by atoms with Crippen LogP contribution in [0, 0.1) is 6.92 Å². The zero-order valence-corrected chi connectivity index (χ0v) is 11.3.